The predicted octanol–water partition coefficient (Wildman–Crippen LogP) is 1.69. The van der Waals surface area contributed by atoms with Gasteiger partial charge < -0.3 is 14.0 Å². The molecular formula is C19H19FN6O3. The standard InChI is InChI=1S/C19H19FN6O3/c1-28-10-13-8-26(23-22-13)18-17-19(27)24(9-14-3-2-6-29-14)16-7-12(20)4-5-15(16)25(17)11-21-18/h4-5,7-8,11,14H,2-3,6,9-10H2,1H3. The molecule has 0 amide bonds. The Morgan fingerprint density at radius 1 is 1.34 bits per heavy atom. The summed E-state index contributed by atoms with van der Waals surface area (Å²) >= 11 is 0. The maximum absolute atomic E-state index is 14.0. The minimum absolute atomic E-state index is 0.0762. The van der Waals surface area contributed by atoms with Crippen LogP contribution in [0, 0.1) is 5.82 Å². The van der Waals surface area contributed by atoms with Crippen LogP contribution in [0.4, 0.5) is 4.39 Å². The van der Waals surface area contributed by atoms with Crippen molar-refractivity contribution in [2.24, 2.45) is 0 Å². The minimum atomic E-state index is -0.404. The zero-order chi connectivity index (χ0) is 20.0. The number of hydrogen-bond acceptors (Lipinski definition) is 6. The van der Waals surface area contributed by atoms with Crippen molar-refractivity contribution in [3.63, 3.8) is 0 Å². The molecule has 9 nitrogen and oxygen atoms in total. The van der Waals surface area contributed by atoms with Crippen LogP contribution in [-0.4, -0.2) is 48.8 Å². The van der Waals surface area contributed by atoms with Gasteiger partial charge in [0.2, 0.25) is 0 Å². The fourth-order valence-electron chi connectivity index (χ4n) is 3.83. The molecule has 0 radical (unpaired) electrons. The van der Waals surface area contributed by atoms with Crippen molar-refractivity contribution in [1.82, 2.24) is 28.9 Å². The first-order valence-corrected chi connectivity index (χ1v) is 9.37. The Morgan fingerprint density at radius 2 is 2.24 bits per heavy atom. The molecule has 29 heavy (non-hydrogen) atoms. The number of benzene rings is 1. The normalized spacial score (nSPS) is 17.0. The molecule has 0 spiro atoms. The third-order valence-corrected chi connectivity index (χ3v) is 5.14. The minimum Gasteiger partial charge on any atom is -0.378 e. The summed E-state index contributed by atoms with van der Waals surface area (Å²) in [5.41, 5.74) is 1.86. The quantitative estimate of drug-likeness (QED) is 0.508. The molecule has 4 aromatic rings. The number of methoxy groups -OCH3 is 1. The summed E-state index contributed by atoms with van der Waals surface area (Å²) in [5, 5.41) is 8.11. The van der Waals surface area contributed by atoms with E-state index in [1.165, 1.54) is 16.8 Å². The van der Waals surface area contributed by atoms with Crippen molar-refractivity contribution in [1.29, 1.82) is 0 Å². The summed E-state index contributed by atoms with van der Waals surface area (Å²) in [6, 6.07) is 4.39. The van der Waals surface area contributed by atoms with Gasteiger partial charge in [-0.1, -0.05) is 5.21 Å². The molecule has 150 valence electrons. The van der Waals surface area contributed by atoms with E-state index in [-0.39, 0.29) is 11.7 Å². The van der Waals surface area contributed by atoms with Crippen LogP contribution in [-0.2, 0) is 22.6 Å². The summed E-state index contributed by atoms with van der Waals surface area (Å²) in [5.74, 6) is -0.0460. The number of ether oxygens (including phenoxy) is 2. The summed E-state index contributed by atoms with van der Waals surface area (Å²) < 4.78 is 29.5. The Hall–Kier alpha value is -3.11. The van der Waals surface area contributed by atoms with Gasteiger partial charge in [-0.2, -0.15) is 4.68 Å². The Balaban J connectivity index is 1.75. The molecule has 1 fully saturated rings. The molecule has 0 N–H and O–H groups in total. The van der Waals surface area contributed by atoms with Crippen molar-refractivity contribution in [3.05, 3.63) is 52.6 Å². The molecule has 10 heteroatoms. The second-order valence-corrected chi connectivity index (χ2v) is 7.06. The fraction of sp³-hybridized carbons (Fsp3) is 0.368. The van der Waals surface area contributed by atoms with Gasteiger partial charge in [-0.25, -0.2) is 9.37 Å². The molecule has 0 saturated carbocycles. The average molecular weight is 398 g/mol. The van der Waals surface area contributed by atoms with Crippen LogP contribution in [0.2, 0.25) is 0 Å². The maximum atomic E-state index is 14.0. The largest absolute Gasteiger partial charge is 0.378 e. The topological polar surface area (TPSA) is 88.5 Å². The van der Waals surface area contributed by atoms with Gasteiger partial charge in [0.15, 0.2) is 11.3 Å². The van der Waals surface area contributed by atoms with Crippen LogP contribution in [0.1, 0.15) is 18.5 Å². The van der Waals surface area contributed by atoms with Crippen molar-refractivity contribution in [3.8, 4) is 5.82 Å². The third-order valence-electron chi connectivity index (χ3n) is 5.14. The second kappa shape index (κ2) is 7.05. The van der Waals surface area contributed by atoms with E-state index in [2.05, 4.69) is 15.3 Å². The predicted molar refractivity (Wildman–Crippen MR) is 102 cm³/mol. The van der Waals surface area contributed by atoms with E-state index >= 15 is 0 Å². The number of hydrogen-bond donors (Lipinski definition) is 0. The molecule has 1 unspecified atom stereocenters. The van der Waals surface area contributed by atoms with E-state index in [4.69, 9.17) is 9.47 Å². The van der Waals surface area contributed by atoms with Crippen molar-refractivity contribution >= 4 is 16.6 Å². The van der Waals surface area contributed by atoms with Crippen molar-refractivity contribution in [2.75, 3.05) is 13.7 Å². The van der Waals surface area contributed by atoms with E-state index in [1.54, 1.807) is 34.7 Å². The van der Waals surface area contributed by atoms with Crippen molar-refractivity contribution < 1.29 is 13.9 Å². The van der Waals surface area contributed by atoms with Crippen LogP contribution in [0.15, 0.2) is 35.5 Å². The lowest BCUT2D eigenvalue weighted by atomic mass is 10.2. The number of halogens is 1. The smallest absolute Gasteiger partial charge is 0.279 e. The van der Waals surface area contributed by atoms with Gasteiger partial charge >= 0.3 is 0 Å². The van der Waals surface area contributed by atoms with E-state index < -0.39 is 5.82 Å². The average Bonchev–Trinajstić information content (AvgIpc) is 3.45. The highest BCUT2D eigenvalue weighted by molar-refractivity contribution is 5.81. The van der Waals surface area contributed by atoms with Gasteiger partial charge in [-0.15, -0.1) is 5.10 Å². The Morgan fingerprint density at radius 3 is 3.03 bits per heavy atom. The van der Waals surface area contributed by atoms with E-state index in [9.17, 15) is 9.18 Å². The molecule has 4 heterocycles. The molecule has 5 rings (SSSR count). The molecule has 1 aliphatic heterocycles. The molecular weight excluding hydrogens is 379 g/mol. The first-order valence-electron chi connectivity index (χ1n) is 9.37. The van der Waals surface area contributed by atoms with Gasteiger partial charge in [-0.3, -0.25) is 9.20 Å². The lowest BCUT2D eigenvalue weighted by molar-refractivity contribution is 0.0973. The van der Waals surface area contributed by atoms with Gasteiger partial charge in [0.05, 0.1) is 36.5 Å². The highest BCUT2D eigenvalue weighted by atomic mass is 19.1. The summed E-state index contributed by atoms with van der Waals surface area (Å²) in [6.07, 6.45) is 4.95. The number of nitrogens with zero attached hydrogens (tertiary/aromatic N) is 6. The third kappa shape index (κ3) is 3.00. The highest BCUT2D eigenvalue weighted by Gasteiger charge is 2.22. The second-order valence-electron chi connectivity index (χ2n) is 7.06. The van der Waals surface area contributed by atoms with Gasteiger partial charge in [0.1, 0.15) is 17.8 Å². The monoisotopic (exact) mass is 398 g/mol. The first-order chi connectivity index (χ1) is 14.2. The molecule has 0 bridgehead atoms. The summed E-state index contributed by atoms with van der Waals surface area (Å²) in [7, 11) is 1.57. The Kier molecular flexibility index (Phi) is 4.36. The van der Waals surface area contributed by atoms with Gasteiger partial charge in [-0.05, 0) is 31.0 Å². The van der Waals surface area contributed by atoms with E-state index in [1.807, 2.05) is 0 Å². The maximum Gasteiger partial charge on any atom is 0.279 e. The Bertz CT molecular complexity index is 1250. The van der Waals surface area contributed by atoms with Crippen LogP contribution >= 0.6 is 0 Å². The van der Waals surface area contributed by atoms with Gasteiger partial charge in [0, 0.05) is 13.7 Å². The van der Waals surface area contributed by atoms with Crippen LogP contribution in [0.25, 0.3) is 22.4 Å². The van der Waals surface area contributed by atoms with Crippen LogP contribution in [0.5, 0.6) is 0 Å². The molecule has 1 atom stereocenters. The number of aromatic nitrogens is 6. The van der Waals surface area contributed by atoms with E-state index in [0.717, 1.165) is 12.8 Å². The van der Waals surface area contributed by atoms with Crippen LogP contribution in [0.3, 0.4) is 0 Å². The Labute approximate surface area is 164 Å². The lowest BCUT2D eigenvalue weighted by Crippen LogP contribution is -2.28. The molecule has 1 aromatic carbocycles. The van der Waals surface area contributed by atoms with E-state index in [0.29, 0.717) is 47.8 Å². The number of fused-ring (bicyclic) bond motifs is 3. The zero-order valence-corrected chi connectivity index (χ0v) is 15.8. The lowest BCUT2D eigenvalue weighted by Gasteiger charge is -2.16. The summed E-state index contributed by atoms with van der Waals surface area (Å²) in [6.45, 7) is 1.33. The van der Waals surface area contributed by atoms with Crippen LogP contribution < -0.4 is 5.56 Å². The number of rotatable bonds is 5. The number of imidazole rings is 1. The molecule has 1 saturated heterocycles. The molecule has 0 aliphatic carbocycles. The fourth-order valence-corrected chi connectivity index (χ4v) is 3.83. The van der Waals surface area contributed by atoms with Crippen molar-refractivity contribution in [2.45, 2.75) is 32.1 Å². The van der Waals surface area contributed by atoms with Gasteiger partial charge in [0.25, 0.3) is 5.56 Å². The highest BCUT2D eigenvalue weighted by Crippen LogP contribution is 2.22. The molecule has 1 aliphatic rings. The SMILES string of the molecule is COCc1cn(-c2ncn3c2c(=O)n(CC2CCCO2)c2cc(F)ccc23)nn1. The first kappa shape index (κ1) is 18.0. The molecule has 3 aromatic heterocycles. The zero-order valence-electron chi connectivity index (χ0n) is 15.8. The summed E-state index contributed by atoms with van der Waals surface area (Å²) in [4.78, 5) is 17.9.